The number of esters is 1. The molecule has 0 aromatic rings. The molecule has 0 aliphatic rings. The monoisotopic (exact) mass is 242 g/mol. The van der Waals surface area contributed by atoms with E-state index in [0.717, 1.165) is 17.3 Å². The molecule has 0 aliphatic carbocycles. The molecule has 0 heterocycles. The Kier molecular flexibility index (Phi) is 8.78. The summed E-state index contributed by atoms with van der Waals surface area (Å²) in [5, 5.41) is 0. The maximum absolute atomic E-state index is 10.7. The van der Waals surface area contributed by atoms with Crippen molar-refractivity contribution in [3.05, 3.63) is 12.7 Å². The molecule has 17 heavy (non-hydrogen) atoms. The van der Waals surface area contributed by atoms with Gasteiger partial charge in [-0.2, -0.15) is 0 Å². The number of carbonyl (C=O) groups excluding carboxylic acids is 1. The Bertz CT molecular complexity index is 219. The van der Waals surface area contributed by atoms with E-state index in [4.69, 9.17) is 4.74 Å². The number of quaternary nitrogens is 1. The van der Waals surface area contributed by atoms with E-state index in [1.807, 2.05) is 0 Å². The zero-order valence-corrected chi connectivity index (χ0v) is 11.7. The summed E-state index contributed by atoms with van der Waals surface area (Å²) in [7, 11) is 6.69. The summed E-state index contributed by atoms with van der Waals surface area (Å²) in [5.74, 6) is -0.312. The quantitative estimate of drug-likeness (QED) is 0.255. The number of carbonyl (C=O) groups is 1. The molecular weight excluding hydrogens is 214 g/mol. The van der Waals surface area contributed by atoms with Gasteiger partial charge in [0.2, 0.25) is 0 Å². The fraction of sp³-hybridized carbons (Fsp3) is 0.786. The molecule has 0 spiro atoms. The van der Waals surface area contributed by atoms with Crippen molar-refractivity contribution in [2.24, 2.45) is 0 Å². The molecule has 3 heteroatoms. The van der Waals surface area contributed by atoms with Crippen molar-refractivity contribution >= 4 is 5.97 Å². The first-order valence-electron chi connectivity index (χ1n) is 6.55. The Labute approximate surface area is 106 Å². The zero-order valence-electron chi connectivity index (χ0n) is 11.7. The second kappa shape index (κ2) is 9.23. The molecular formula is C14H28NO2+. The summed E-state index contributed by atoms with van der Waals surface area (Å²) in [5.41, 5.74) is 0. The minimum atomic E-state index is -0.312. The molecule has 0 atom stereocenters. The third-order valence-electron chi connectivity index (χ3n) is 2.63. The maximum atomic E-state index is 10.7. The molecule has 0 bridgehead atoms. The molecule has 0 N–H and O–H groups in total. The van der Waals surface area contributed by atoms with E-state index in [-0.39, 0.29) is 5.97 Å². The molecule has 0 unspecified atom stereocenters. The summed E-state index contributed by atoms with van der Waals surface area (Å²) in [6.45, 7) is 5.13. The van der Waals surface area contributed by atoms with E-state index in [9.17, 15) is 4.79 Å². The van der Waals surface area contributed by atoms with Gasteiger partial charge < -0.3 is 9.22 Å². The maximum Gasteiger partial charge on any atom is 0.330 e. The van der Waals surface area contributed by atoms with Gasteiger partial charge in [-0.1, -0.05) is 25.8 Å². The van der Waals surface area contributed by atoms with E-state index in [1.165, 1.54) is 38.3 Å². The summed E-state index contributed by atoms with van der Waals surface area (Å²) in [6, 6.07) is 0. The molecule has 0 aromatic heterocycles. The first-order valence-corrected chi connectivity index (χ1v) is 6.55. The fourth-order valence-corrected chi connectivity index (χ4v) is 1.63. The van der Waals surface area contributed by atoms with Gasteiger partial charge in [-0.25, -0.2) is 4.79 Å². The lowest BCUT2D eigenvalue weighted by atomic mass is 10.1. The number of hydrogen-bond donors (Lipinski definition) is 0. The first kappa shape index (κ1) is 16.2. The molecule has 0 aliphatic heterocycles. The van der Waals surface area contributed by atoms with Crippen LogP contribution in [-0.2, 0) is 9.53 Å². The van der Waals surface area contributed by atoms with Gasteiger partial charge in [0.25, 0.3) is 0 Å². The molecule has 0 radical (unpaired) electrons. The summed E-state index contributed by atoms with van der Waals surface area (Å²) in [4.78, 5) is 10.7. The molecule has 0 saturated heterocycles. The Morgan fingerprint density at radius 2 is 1.59 bits per heavy atom. The topological polar surface area (TPSA) is 26.3 Å². The van der Waals surface area contributed by atoms with E-state index in [1.54, 1.807) is 0 Å². The zero-order chi connectivity index (χ0) is 13.1. The number of nitrogens with zero attached hydrogens (tertiary/aromatic N) is 1. The van der Waals surface area contributed by atoms with Crippen molar-refractivity contribution in [3.63, 3.8) is 0 Å². The highest BCUT2D eigenvalue weighted by Gasteiger charge is 2.04. The number of rotatable bonds is 10. The minimum absolute atomic E-state index is 0.312. The standard InChI is InChI=1S/C14H28NO2/c1-5-14(16)17-13-11-9-7-6-8-10-12-15(2,3)4/h5H,1,6-13H2,2-4H3/q+1. The molecule has 0 aromatic carbocycles. The molecule has 0 rings (SSSR count). The summed E-state index contributed by atoms with van der Waals surface area (Å²) in [6.07, 6.45) is 8.46. The third-order valence-corrected chi connectivity index (χ3v) is 2.63. The van der Waals surface area contributed by atoms with Gasteiger partial charge in [-0.15, -0.1) is 0 Å². The molecule has 0 fully saturated rings. The largest absolute Gasteiger partial charge is 0.463 e. The minimum Gasteiger partial charge on any atom is -0.463 e. The Balaban J connectivity index is 3.14. The average Bonchev–Trinajstić information content (AvgIpc) is 2.25. The second-order valence-corrected chi connectivity index (χ2v) is 5.51. The molecule has 0 saturated carbocycles. The van der Waals surface area contributed by atoms with Gasteiger partial charge in [0.1, 0.15) is 0 Å². The lowest BCUT2D eigenvalue weighted by molar-refractivity contribution is -0.870. The van der Waals surface area contributed by atoms with E-state index < -0.39 is 0 Å². The SMILES string of the molecule is C=CC(=O)OCCCCCCCC[N+](C)(C)C. The Morgan fingerprint density at radius 1 is 1.06 bits per heavy atom. The molecule has 3 nitrogen and oxygen atoms in total. The van der Waals surface area contributed by atoms with Crippen LogP contribution in [0.2, 0.25) is 0 Å². The summed E-state index contributed by atoms with van der Waals surface area (Å²) < 4.78 is 5.96. The Hall–Kier alpha value is -0.830. The predicted octanol–water partition coefficient (Wildman–Crippen LogP) is 2.76. The Morgan fingerprint density at radius 3 is 2.12 bits per heavy atom. The van der Waals surface area contributed by atoms with Crippen molar-refractivity contribution in [1.29, 1.82) is 0 Å². The van der Waals surface area contributed by atoms with Crippen molar-refractivity contribution in [2.45, 2.75) is 38.5 Å². The van der Waals surface area contributed by atoms with Crippen molar-refractivity contribution in [3.8, 4) is 0 Å². The van der Waals surface area contributed by atoms with Crippen molar-refractivity contribution in [2.75, 3.05) is 34.3 Å². The number of hydrogen-bond acceptors (Lipinski definition) is 2. The molecule has 100 valence electrons. The van der Waals surface area contributed by atoms with Crippen molar-refractivity contribution < 1.29 is 14.0 Å². The van der Waals surface area contributed by atoms with Crippen LogP contribution in [-0.4, -0.2) is 44.7 Å². The van der Waals surface area contributed by atoms with Gasteiger partial charge in [0, 0.05) is 6.08 Å². The molecule has 0 amide bonds. The van der Waals surface area contributed by atoms with Crippen molar-refractivity contribution in [1.82, 2.24) is 0 Å². The highest BCUT2D eigenvalue weighted by molar-refractivity contribution is 5.81. The van der Waals surface area contributed by atoms with Crippen LogP contribution in [0.15, 0.2) is 12.7 Å². The van der Waals surface area contributed by atoms with Gasteiger partial charge in [0.15, 0.2) is 0 Å². The van der Waals surface area contributed by atoms with Gasteiger partial charge in [-0.05, 0) is 19.3 Å². The normalized spacial score (nSPS) is 11.2. The highest BCUT2D eigenvalue weighted by atomic mass is 16.5. The van der Waals surface area contributed by atoms with Crippen LogP contribution in [0, 0.1) is 0 Å². The second-order valence-electron chi connectivity index (χ2n) is 5.51. The highest BCUT2D eigenvalue weighted by Crippen LogP contribution is 2.07. The van der Waals surface area contributed by atoms with Crippen LogP contribution in [0.25, 0.3) is 0 Å². The van der Waals surface area contributed by atoms with Crippen LogP contribution in [0.3, 0.4) is 0 Å². The average molecular weight is 242 g/mol. The van der Waals surface area contributed by atoms with Gasteiger partial charge in [0.05, 0.1) is 34.3 Å². The smallest absolute Gasteiger partial charge is 0.330 e. The van der Waals surface area contributed by atoms with E-state index >= 15 is 0 Å². The fourth-order valence-electron chi connectivity index (χ4n) is 1.63. The van der Waals surface area contributed by atoms with Crippen LogP contribution in [0.1, 0.15) is 38.5 Å². The number of ether oxygens (including phenoxy) is 1. The van der Waals surface area contributed by atoms with Crippen LogP contribution < -0.4 is 0 Å². The van der Waals surface area contributed by atoms with E-state index in [2.05, 4.69) is 27.7 Å². The first-order chi connectivity index (χ1) is 7.95. The van der Waals surface area contributed by atoms with Crippen LogP contribution in [0.5, 0.6) is 0 Å². The lowest BCUT2D eigenvalue weighted by Gasteiger charge is -2.23. The van der Waals surface area contributed by atoms with Crippen LogP contribution in [0.4, 0.5) is 0 Å². The predicted molar refractivity (Wildman–Crippen MR) is 71.8 cm³/mol. The number of unbranched alkanes of at least 4 members (excludes halogenated alkanes) is 5. The van der Waals surface area contributed by atoms with Gasteiger partial charge >= 0.3 is 5.97 Å². The summed E-state index contributed by atoms with van der Waals surface area (Å²) >= 11 is 0. The van der Waals surface area contributed by atoms with Gasteiger partial charge in [-0.3, -0.25) is 0 Å². The van der Waals surface area contributed by atoms with E-state index in [0.29, 0.717) is 6.61 Å². The van der Waals surface area contributed by atoms with Crippen LogP contribution >= 0.6 is 0 Å². The lowest BCUT2D eigenvalue weighted by Crippen LogP contribution is -2.35. The third kappa shape index (κ3) is 13.1.